The van der Waals surface area contributed by atoms with E-state index in [1.54, 1.807) is 0 Å². The van der Waals surface area contributed by atoms with Gasteiger partial charge in [0, 0.05) is 11.6 Å². The van der Waals surface area contributed by atoms with E-state index in [1.165, 1.54) is 0 Å². The number of hydrogen-bond donors (Lipinski definition) is 1. The average Bonchev–Trinajstić information content (AvgIpc) is 2.29. The summed E-state index contributed by atoms with van der Waals surface area (Å²) in [6.07, 6.45) is 1.03. The van der Waals surface area contributed by atoms with Crippen LogP contribution in [0.15, 0.2) is 30.3 Å². The zero-order valence-corrected chi connectivity index (χ0v) is 9.66. The van der Waals surface area contributed by atoms with E-state index < -0.39 is 0 Å². The first-order valence-electron chi connectivity index (χ1n) is 5.50. The van der Waals surface area contributed by atoms with Crippen molar-refractivity contribution >= 4 is 5.78 Å². The van der Waals surface area contributed by atoms with Gasteiger partial charge in [-0.05, 0) is 20.3 Å². The smallest absolute Gasteiger partial charge is 0.179 e. The lowest BCUT2D eigenvalue weighted by atomic mass is 10.0. The van der Waals surface area contributed by atoms with E-state index in [0.29, 0.717) is 6.04 Å². The highest BCUT2D eigenvalue weighted by atomic mass is 16.1. The monoisotopic (exact) mass is 205 g/mol. The Hall–Kier alpha value is -1.15. The summed E-state index contributed by atoms with van der Waals surface area (Å²) < 4.78 is 0. The predicted octanol–water partition coefficient (Wildman–Crippen LogP) is 2.65. The van der Waals surface area contributed by atoms with Crippen LogP contribution in [0.5, 0.6) is 0 Å². The Morgan fingerprint density at radius 2 is 1.87 bits per heavy atom. The van der Waals surface area contributed by atoms with Gasteiger partial charge >= 0.3 is 0 Å². The van der Waals surface area contributed by atoms with Crippen LogP contribution in [0.25, 0.3) is 0 Å². The number of Topliss-reactive ketones (excluding diaryl/α,β-unsaturated/α-hetero) is 1. The zero-order chi connectivity index (χ0) is 11.3. The molecule has 0 fully saturated rings. The van der Waals surface area contributed by atoms with Crippen molar-refractivity contribution in [3.63, 3.8) is 0 Å². The molecule has 15 heavy (non-hydrogen) atoms. The third-order valence-electron chi connectivity index (χ3n) is 2.60. The molecule has 1 aromatic rings. The standard InChI is InChI=1S/C13H19NO/c1-4-10(2)14-11(3)13(15)12-8-6-5-7-9-12/h5-11,14H,4H2,1-3H3. The zero-order valence-electron chi connectivity index (χ0n) is 9.66. The minimum absolute atomic E-state index is 0.109. The second-order valence-corrected chi connectivity index (χ2v) is 3.93. The highest BCUT2D eigenvalue weighted by Crippen LogP contribution is 2.04. The molecule has 2 atom stereocenters. The second-order valence-electron chi connectivity index (χ2n) is 3.93. The molecule has 0 spiro atoms. The second kappa shape index (κ2) is 5.66. The van der Waals surface area contributed by atoms with Crippen molar-refractivity contribution in [2.45, 2.75) is 39.3 Å². The molecule has 0 aliphatic carbocycles. The lowest BCUT2D eigenvalue weighted by molar-refractivity contribution is 0.0945. The molecule has 0 aliphatic rings. The maximum atomic E-state index is 11.9. The number of benzene rings is 1. The van der Waals surface area contributed by atoms with Crippen molar-refractivity contribution in [1.82, 2.24) is 5.32 Å². The fraction of sp³-hybridized carbons (Fsp3) is 0.462. The van der Waals surface area contributed by atoms with Gasteiger partial charge in [0.15, 0.2) is 5.78 Å². The molecule has 0 bridgehead atoms. The summed E-state index contributed by atoms with van der Waals surface area (Å²) in [6.45, 7) is 6.12. The number of carbonyl (C=O) groups excluding carboxylic acids is 1. The van der Waals surface area contributed by atoms with Gasteiger partial charge in [0.05, 0.1) is 6.04 Å². The molecule has 0 amide bonds. The summed E-state index contributed by atoms with van der Waals surface area (Å²) in [5.74, 6) is 0.163. The van der Waals surface area contributed by atoms with E-state index in [9.17, 15) is 4.79 Å². The summed E-state index contributed by atoms with van der Waals surface area (Å²) in [6, 6.07) is 9.69. The van der Waals surface area contributed by atoms with Gasteiger partial charge in [-0.25, -0.2) is 0 Å². The number of ketones is 1. The summed E-state index contributed by atoms with van der Waals surface area (Å²) in [4.78, 5) is 11.9. The van der Waals surface area contributed by atoms with Gasteiger partial charge < -0.3 is 5.32 Å². The molecule has 1 N–H and O–H groups in total. The van der Waals surface area contributed by atoms with E-state index in [4.69, 9.17) is 0 Å². The van der Waals surface area contributed by atoms with E-state index in [0.717, 1.165) is 12.0 Å². The fourth-order valence-electron chi connectivity index (χ4n) is 1.47. The molecule has 1 aromatic carbocycles. The van der Waals surface area contributed by atoms with Crippen LogP contribution < -0.4 is 5.32 Å². The first kappa shape index (κ1) is 11.9. The average molecular weight is 205 g/mol. The Bertz CT molecular complexity index is 308. The third kappa shape index (κ3) is 3.48. The topological polar surface area (TPSA) is 29.1 Å². The molecule has 2 unspecified atom stereocenters. The van der Waals surface area contributed by atoms with Crippen LogP contribution in [0, 0.1) is 0 Å². The molecular weight excluding hydrogens is 186 g/mol. The van der Waals surface area contributed by atoms with E-state index in [-0.39, 0.29) is 11.8 Å². The van der Waals surface area contributed by atoms with Crippen molar-refractivity contribution in [3.8, 4) is 0 Å². The van der Waals surface area contributed by atoms with E-state index in [1.807, 2.05) is 37.3 Å². The van der Waals surface area contributed by atoms with Crippen molar-refractivity contribution in [3.05, 3.63) is 35.9 Å². The van der Waals surface area contributed by atoms with Crippen molar-refractivity contribution in [1.29, 1.82) is 0 Å². The molecular formula is C13H19NO. The Morgan fingerprint density at radius 3 is 2.40 bits per heavy atom. The maximum Gasteiger partial charge on any atom is 0.179 e. The fourth-order valence-corrected chi connectivity index (χ4v) is 1.47. The van der Waals surface area contributed by atoms with Crippen LogP contribution in [0.4, 0.5) is 0 Å². The van der Waals surface area contributed by atoms with Gasteiger partial charge in [-0.15, -0.1) is 0 Å². The summed E-state index contributed by atoms with van der Waals surface area (Å²) >= 11 is 0. The molecule has 1 rings (SSSR count). The SMILES string of the molecule is CCC(C)NC(C)C(=O)c1ccccc1. The first-order valence-corrected chi connectivity index (χ1v) is 5.50. The van der Waals surface area contributed by atoms with Crippen LogP contribution in [-0.2, 0) is 0 Å². The molecule has 2 nitrogen and oxygen atoms in total. The van der Waals surface area contributed by atoms with Gasteiger partial charge in [0.25, 0.3) is 0 Å². The first-order chi connectivity index (χ1) is 7.15. The maximum absolute atomic E-state index is 11.9. The van der Waals surface area contributed by atoms with Gasteiger partial charge in [-0.3, -0.25) is 4.79 Å². The molecule has 0 saturated heterocycles. The Labute approximate surface area is 91.7 Å². The quantitative estimate of drug-likeness (QED) is 0.749. The molecule has 0 saturated carbocycles. The Morgan fingerprint density at radius 1 is 1.27 bits per heavy atom. The van der Waals surface area contributed by atoms with Gasteiger partial charge in [-0.1, -0.05) is 37.3 Å². The number of rotatable bonds is 5. The predicted molar refractivity (Wildman–Crippen MR) is 63.1 cm³/mol. The summed E-state index contributed by atoms with van der Waals surface area (Å²) in [7, 11) is 0. The lowest BCUT2D eigenvalue weighted by Crippen LogP contribution is -2.39. The molecule has 0 aliphatic heterocycles. The van der Waals surface area contributed by atoms with Crippen LogP contribution in [-0.4, -0.2) is 17.9 Å². The van der Waals surface area contributed by atoms with Gasteiger partial charge in [-0.2, -0.15) is 0 Å². The van der Waals surface area contributed by atoms with Crippen LogP contribution in [0.1, 0.15) is 37.6 Å². The normalized spacial score (nSPS) is 14.6. The molecule has 82 valence electrons. The molecule has 2 heteroatoms. The molecule has 0 radical (unpaired) electrons. The van der Waals surface area contributed by atoms with Crippen LogP contribution in [0.3, 0.4) is 0 Å². The highest BCUT2D eigenvalue weighted by Gasteiger charge is 2.15. The van der Waals surface area contributed by atoms with Crippen molar-refractivity contribution in [2.75, 3.05) is 0 Å². The van der Waals surface area contributed by atoms with Gasteiger partial charge in [0.1, 0.15) is 0 Å². The summed E-state index contributed by atoms with van der Waals surface area (Å²) in [5, 5.41) is 3.28. The number of hydrogen-bond acceptors (Lipinski definition) is 2. The lowest BCUT2D eigenvalue weighted by Gasteiger charge is -2.17. The minimum Gasteiger partial charge on any atom is -0.305 e. The van der Waals surface area contributed by atoms with Gasteiger partial charge in [0.2, 0.25) is 0 Å². The Kier molecular flexibility index (Phi) is 4.50. The number of carbonyl (C=O) groups is 1. The Balaban J connectivity index is 2.61. The highest BCUT2D eigenvalue weighted by molar-refractivity contribution is 5.99. The summed E-state index contributed by atoms with van der Waals surface area (Å²) in [5.41, 5.74) is 0.779. The van der Waals surface area contributed by atoms with E-state index >= 15 is 0 Å². The third-order valence-corrected chi connectivity index (χ3v) is 2.60. The number of nitrogens with one attached hydrogen (secondary N) is 1. The van der Waals surface area contributed by atoms with Crippen LogP contribution in [0.2, 0.25) is 0 Å². The largest absolute Gasteiger partial charge is 0.305 e. The molecule has 0 heterocycles. The van der Waals surface area contributed by atoms with Crippen molar-refractivity contribution < 1.29 is 4.79 Å². The van der Waals surface area contributed by atoms with Crippen LogP contribution >= 0.6 is 0 Å². The van der Waals surface area contributed by atoms with Crippen molar-refractivity contribution in [2.24, 2.45) is 0 Å². The molecule has 0 aromatic heterocycles. The van der Waals surface area contributed by atoms with E-state index in [2.05, 4.69) is 19.2 Å². The minimum atomic E-state index is -0.109.